The third-order valence-corrected chi connectivity index (χ3v) is 6.70. The molecule has 3 aromatic carbocycles. The van der Waals surface area contributed by atoms with Crippen LogP contribution in [0.25, 0.3) is 0 Å². The second-order valence-electron chi connectivity index (χ2n) is 8.35. The van der Waals surface area contributed by atoms with Crippen LogP contribution < -0.4 is 5.32 Å². The Morgan fingerprint density at radius 3 is 2.29 bits per heavy atom. The molecule has 0 saturated carbocycles. The zero-order valence-corrected chi connectivity index (χ0v) is 21.9. The number of carbonyl (C=O) groups excluding carboxylic acids is 2. The van der Waals surface area contributed by atoms with E-state index in [1.165, 1.54) is 0 Å². The first kappa shape index (κ1) is 27.1. The summed E-state index contributed by atoms with van der Waals surface area (Å²) in [6.07, 6.45) is 1.87. The summed E-state index contributed by atoms with van der Waals surface area (Å²) in [7, 11) is 0. The van der Waals surface area contributed by atoms with Crippen molar-refractivity contribution in [1.82, 2.24) is 10.2 Å². The predicted molar refractivity (Wildman–Crippen MR) is 144 cm³/mol. The van der Waals surface area contributed by atoms with E-state index in [9.17, 15) is 9.59 Å². The maximum absolute atomic E-state index is 13.7. The molecule has 0 saturated heterocycles. The summed E-state index contributed by atoms with van der Waals surface area (Å²) in [5.74, 6) is -0.338. The standard InChI is InChI=1S/C28H29Cl3N2O2/c1-2-16-32-28(35)26(17-20-8-4-3-5-9-20)33(19-22-12-14-23(29)18-25(22)31)27(34)15-13-21-10-6-7-11-24(21)30/h3-12,14,18,26H,2,13,15-17,19H2,1H3,(H,32,35)/t26-/m0/s1. The minimum absolute atomic E-state index is 0.150. The van der Waals surface area contributed by atoms with Gasteiger partial charge in [0.1, 0.15) is 6.04 Å². The molecule has 3 rings (SSSR count). The number of aryl methyl sites for hydroxylation is 1. The van der Waals surface area contributed by atoms with Gasteiger partial charge in [-0.05, 0) is 47.7 Å². The zero-order chi connectivity index (χ0) is 25.2. The van der Waals surface area contributed by atoms with Crippen LogP contribution in [0, 0.1) is 0 Å². The molecule has 1 N–H and O–H groups in total. The second-order valence-corrected chi connectivity index (χ2v) is 9.60. The fourth-order valence-electron chi connectivity index (χ4n) is 3.84. The molecule has 3 aromatic rings. The van der Waals surface area contributed by atoms with Gasteiger partial charge in [-0.15, -0.1) is 0 Å². The highest BCUT2D eigenvalue weighted by Gasteiger charge is 2.30. The predicted octanol–water partition coefficient (Wildman–Crippen LogP) is 6.75. The molecular formula is C28H29Cl3N2O2. The second kappa shape index (κ2) is 13.5. The van der Waals surface area contributed by atoms with Crippen molar-refractivity contribution in [2.24, 2.45) is 0 Å². The van der Waals surface area contributed by atoms with Crippen molar-refractivity contribution in [3.05, 3.63) is 105 Å². The van der Waals surface area contributed by atoms with Gasteiger partial charge in [0.25, 0.3) is 0 Å². The van der Waals surface area contributed by atoms with Gasteiger partial charge in [0.15, 0.2) is 0 Å². The molecular weight excluding hydrogens is 503 g/mol. The molecule has 0 aromatic heterocycles. The Balaban J connectivity index is 1.93. The third kappa shape index (κ3) is 7.99. The number of benzene rings is 3. The fraction of sp³-hybridized carbons (Fsp3) is 0.286. The van der Waals surface area contributed by atoms with E-state index in [4.69, 9.17) is 34.8 Å². The Morgan fingerprint density at radius 2 is 1.60 bits per heavy atom. The Hall–Kier alpha value is -2.53. The van der Waals surface area contributed by atoms with E-state index in [0.29, 0.717) is 34.5 Å². The van der Waals surface area contributed by atoms with Crippen molar-refractivity contribution in [3.8, 4) is 0 Å². The van der Waals surface area contributed by atoms with E-state index >= 15 is 0 Å². The minimum atomic E-state index is -0.700. The molecule has 0 bridgehead atoms. The van der Waals surface area contributed by atoms with Crippen LogP contribution in [0.5, 0.6) is 0 Å². The summed E-state index contributed by atoms with van der Waals surface area (Å²) >= 11 is 18.9. The lowest BCUT2D eigenvalue weighted by Gasteiger charge is -2.32. The van der Waals surface area contributed by atoms with Gasteiger partial charge in [-0.3, -0.25) is 9.59 Å². The van der Waals surface area contributed by atoms with Crippen LogP contribution in [0.2, 0.25) is 15.1 Å². The third-order valence-electron chi connectivity index (χ3n) is 5.74. The van der Waals surface area contributed by atoms with Gasteiger partial charge in [-0.25, -0.2) is 0 Å². The summed E-state index contributed by atoms with van der Waals surface area (Å²) < 4.78 is 0. The lowest BCUT2D eigenvalue weighted by molar-refractivity contribution is -0.141. The fourth-order valence-corrected chi connectivity index (χ4v) is 4.54. The van der Waals surface area contributed by atoms with Crippen LogP contribution >= 0.6 is 34.8 Å². The van der Waals surface area contributed by atoms with Gasteiger partial charge in [-0.1, -0.05) is 96.3 Å². The molecule has 0 unspecified atom stereocenters. The monoisotopic (exact) mass is 530 g/mol. The van der Waals surface area contributed by atoms with Crippen LogP contribution in [-0.4, -0.2) is 29.3 Å². The highest BCUT2D eigenvalue weighted by Crippen LogP contribution is 2.25. The Kier molecular flexibility index (Phi) is 10.5. The van der Waals surface area contributed by atoms with Crippen LogP contribution in [-0.2, 0) is 29.0 Å². The number of halogens is 3. The van der Waals surface area contributed by atoms with Crippen LogP contribution in [0.15, 0.2) is 72.8 Å². The zero-order valence-electron chi connectivity index (χ0n) is 19.6. The summed E-state index contributed by atoms with van der Waals surface area (Å²) in [5.41, 5.74) is 2.58. The van der Waals surface area contributed by atoms with E-state index in [1.54, 1.807) is 23.1 Å². The molecule has 7 heteroatoms. The molecule has 184 valence electrons. The average molecular weight is 532 g/mol. The number of nitrogens with zero attached hydrogens (tertiary/aromatic N) is 1. The lowest BCUT2D eigenvalue weighted by Crippen LogP contribution is -2.50. The number of nitrogens with one attached hydrogen (secondary N) is 1. The van der Waals surface area contributed by atoms with Crippen LogP contribution in [0.1, 0.15) is 36.5 Å². The van der Waals surface area contributed by atoms with Gasteiger partial charge >= 0.3 is 0 Å². The molecule has 0 fully saturated rings. The molecule has 2 amide bonds. The molecule has 0 heterocycles. The molecule has 0 aliphatic heterocycles. The van der Waals surface area contributed by atoms with Crippen molar-refractivity contribution >= 4 is 46.6 Å². The maximum Gasteiger partial charge on any atom is 0.243 e. The Labute approximate surface area is 222 Å². The smallest absolute Gasteiger partial charge is 0.243 e. The van der Waals surface area contributed by atoms with E-state index < -0.39 is 6.04 Å². The summed E-state index contributed by atoms with van der Waals surface area (Å²) in [6.45, 7) is 2.72. The number of hydrogen-bond donors (Lipinski definition) is 1. The molecule has 4 nitrogen and oxygen atoms in total. The van der Waals surface area contributed by atoms with Gasteiger partial charge in [0.2, 0.25) is 11.8 Å². The van der Waals surface area contributed by atoms with Crippen LogP contribution in [0.4, 0.5) is 0 Å². The van der Waals surface area contributed by atoms with Gasteiger partial charge in [-0.2, -0.15) is 0 Å². The average Bonchev–Trinajstić information content (AvgIpc) is 2.85. The number of amides is 2. The SMILES string of the molecule is CCCNC(=O)[C@H](Cc1ccccc1)N(Cc1ccc(Cl)cc1Cl)C(=O)CCc1ccccc1Cl. The van der Waals surface area contributed by atoms with Gasteiger partial charge < -0.3 is 10.2 Å². The molecule has 0 aliphatic rings. The minimum Gasteiger partial charge on any atom is -0.354 e. The van der Waals surface area contributed by atoms with Gasteiger partial charge in [0.05, 0.1) is 0 Å². The van der Waals surface area contributed by atoms with Crippen LogP contribution in [0.3, 0.4) is 0 Å². The van der Waals surface area contributed by atoms with Crippen molar-refractivity contribution in [2.45, 2.75) is 45.2 Å². The first-order valence-corrected chi connectivity index (χ1v) is 12.8. The Bertz CT molecular complexity index is 1140. The highest BCUT2D eigenvalue weighted by molar-refractivity contribution is 6.35. The molecule has 0 spiro atoms. The van der Waals surface area contributed by atoms with Crippen molar-refractivity contribution < 1.29 is 9.59 Å². The van der Waals surface area contributed by atoms with Crippen molar-refractivity contribution in [3.63, 3.8) is 0 Å². The van der Waals surface area contributed by atoms with E-state index in [0.717, 1.165) is 23.1 Å². The van der Waals surface area contributed by atoms with E-state index in [1.807, 2.05) is 61.5 Å². The number of carbonyl (C=O) groups is 2. The normalized spacial score (nSPS) is 11.7. The summed E-state index contributed by atoms with van der Waals surface area (Å²) in [4.78, 5) is 28.6. The maximum atomic E-state index is 13.7. The topological polar surface area (TPSA) is 49.4 Å². The van der Waals surface area contributed by atoms with E-state index in [2.05, 4.69) is 5.32 Å². The largest absolute Gasteiger partial charge is 0.354 e. The first-order chi connectivity index (χ1) is 16.9. The van der Waals surface area contributed by atoms with Crippen molar-refractivity contribution in [1.29, 1.82) is 0 Å². The molecule has 1 atom stereocenters. The number of rotatable bonds is 11. The highest BCUT2D eigenvalue weighted by atomic mass is 35.5. The van der Waals surface area contributed by atoms with Crippen molar-refractivity contribution in [2.75, 3.05) is 6.54 Å². The molecule has 35 heavy (non-hydrogen) atoms. The molecule has 0 radical (unpaired) electrons. The first-order valence-electron chi connectivity index (χ1n) is 11.7. The summed E-state index contributed by atoms with van der Waals surface area (Å²) in [5, 5.41) is 4.56. The summed E-state index contributed by atoms with van der Waals surface area (Å²) in [6, 6.07) is 21.6. The lowest BCUT2D eigenvalue weighted by atomic mass is 10.0. The quantitative estimate of drug-likeness (QED) is 0.298. The number of hydrogen-bond acceptors (Lipinski definition) is 2. The Morgan fingerprint density at radius 1 is 0.886 bits per heavy atom. The van der Waals surface area contributed by atoms with Gasteiger partial charge in [0, 0.05) is 41.0 Å². The van der Waals surface area contributed by atoms with E-state index in [-0.39, 0.29) is 24.8 Å². The molecule has 0 aliphatic carbocycles.